The predicted molar refractivity (Wildman–Crippen MR) is 61.4 cm³/mol. The van der Waals surface area contributed by atoms with Gasteiger partial charge in [-0.2, -0.15) is 0 Å². The largest absolute Gasteiger partial charge is 0.444 e. The molecular weight excluding hydrogens is 278 g/mol. The van der Waals surface area contributed by atoms with E-state index in [2.05, 4.69) is 26.4 Å². The van der Waals surface area contributed by atoms with Crippen molar-refractivity contribution in [3.05, 3.63) is 22.6 Å². The van der Waals surface area contributed by atoms with Gasteiger partial charge in [0, 0.05) is 0 Å². The van der Waals surface area contributed by atoms with E-state index < -0.39 is 11.9 Å². The van der Waals surface area contributed by atoms with Gasteiger partial charge in [-0.3, -0.25) is 4.79 Å². The minimum Gasteiger partial charge on any atom is -0.444 e. The molecule has 7 heteroatoms. The van der Waals surface area contributed by atoms with Crippen molar-refractivity contribution >= 4 is 27.7 Å². The Bertz CT molecular complexity index is 402. The Kier molecular flexibility index (Phi) is 4.36. The molecule has 0 aliphatic rings. The summed E-state index contributed by atoms with van der Waals surface area (Å²) < 4.78 is 5.53. The monoisotopic (exact) mass is 289 g/mol. The zero-order chi connectivity index (χ0) is 12.1. The summed E-state index contributed by atoms with van der Waals surface area (Å²) in [6.07, 6.45) is 0.517. The number of halogens is 1. The smallest absolute Gasteiger partial charge is 0.287 e. The number of nitrogens with one attached hydrogen (secondary N) is 1. The van der Waals surface area contributed by atoms with Crippen molar-refractivity contribution in [2.24, 2.45) is 10.9 Å². The number of rotatable bonds is 4. The Morgan fingerprint density at radius 1 is 1.75 bits per heavy atom. The lowest BCUT2D eigenvalue weighted by Crippen LogP contribution is -2.44. The standard InChI is InChI=1S/C9H12BrN3O3/c1-2-5(8(11)13-15)12-9(14)6-3-4-7(10)16-6/h3-5,15H,2H2,1H3,(H2,11,13)(H,12,14). The maximum absolute atomic E-state index is 11.6. The van der Waals surface area contributed by atoms with Crippen molar-refractivity contribution in [2.45, 2.75) is 19.4 Å². The molecule has 0 aliphatic heterocycles. The van der Waals surface area contributed by atoms with Crippen LogP contribution in [0.5, 0.6) is 0 Å². The van der Waals surface area contributed by atoms with Crippen LogP contribution in [0, 0.1) is 0 Å². The first-order chi connectivity index (χ1) is 7.58. The van der Waals surface area contributed by atoms with Crippen LogP contribution in [-0.2, 0) is 0 Å². The second-order valence-corrected chi connectivity index (χ2v) is 3.84. The summed E-state index contributed by atoms with van der Waals surface area (Å²) in [6, 6.07) is 2.62. The van der Waals surface area contributed by atoms with Gasteiger partial charge in [-0.25, -0.2) is 0 Å². The summed E-state index contributed by atoms with van der Waals surface area (Å²) >= 11 is 3.09. The average Bonchev–Trinajstić information content (AvgIpc) is 2.71. The van der Waals surface area contributed by atoms with E-state index in [1.807, 2.05) is 0 Å². The third-order valence-electron chi connectivity index (χ3n) is 1.98. The topological polar surface area (TPSA) is 101 Å². The number of hydrogen-bond donors (Lipinski definition) is 3. The van der Waals surface area contributed by atoms with Crippen LogP contribution in [0.1, 0.15) is 23.9 Å². The average molecular weight is 290 g/mol. The molecule has 6 nitrogen and oxygen atoms in total. The van der Waals surface area contributed by atoms with E-state index in [4.69, 9.17) is 15.4 Å². The Morgan fingerprint density at radius 3 is 2.88 bits per heavy atom. The molecule has 16 heavy (non-hydrogen) atoms. The maximum Gasteiger partial charge on any atom is 0.287 e. The molecule has 0 spiro atoms. The van der Waals surface area contributed by atoms with E-state index in [1.54, 1.807) is 13.0 Å². The molecule has 0 aliphatic carbocycles. The van der Waals surface area contributed by atoms with Crippen LogP contribution in [0.3, 0.4) is 0 Å². The highest BCUT2D eigenvalue weighted by molar-refractivity contribution is 9.10. The molecule has 0 fully saturated rings. The molecule has 0 saturated carbocycles. The predicted octanol–water partition coefficient (Wildman–Crippen LogP) is 1.30. The number of amidine groups is 1. The van der Waals surface area contributed by atoms with Gasteiger partial charge in [-0.05, 0) is 34.5 Å². The van der Waals surface area contributed by atoms with Crippen molar-refractivity contribution in [3.8, 4) is 0 Å². The minimum atomic E-state index is -0.513. The van der Waals surface area contributed by atoms with E-state index in [1.165, 1.54) is 6.07 Å². The molecule has 1 aromatic heterocycles. The van der Waals surface area contributed by atoms with Gasteiger partial charge in [0.1, 0.15) is 0 Å². The first-order valence-corrected chi connectivity index (χ1v) is 5.41. The third kappa shape index (κ3) is 2.99. The van der Waals surface area contributed by atoms with Crippen LogP contribution in [-0.4, -0.2) is 23.0 Å². The zero-order valence-corrected chi connectivity index (χ0v) is 10.2. The number of oxime groups is 1. The van der Waals surface area contributed by atoms with Crippen molar-refractivity contribution in [1.29, 1.82) is 0 Å². The normalized spacial score (nSPS) is 13.5. The molecule has 0 saturated heterocycles. The molecule has 1 rings (SSSR count). The second kappa shape index (κ2) is 5.55. The third-order valence-corrected chi connectivity index (χ3v) is 2.41. The van der Waals surface area contributed by atoms with Crippen molar-refractivity contribution in [3.63, 3.8) is 0 Å². The van der Waals surface area contributed by atoms with Crippen LogP contribution < -0.4 is 11.1 Å². The molecule has 1 atom stereocenters. The number of carbonyl (C=O) groups is 1. The van der Waals surface area contributed by atoms with E-state index in [0.29, 0.717) is 11.1 Å². The Morgan fingerprint density at radius 2 is 2.44 bits per heavy atom. The van der Waals surface area contributed by atoms with Crippen molar-refractivity contribution in [2.75, 3.05) is 0 Å². The molecule has 1 heterocycles. The summed E-state index contributed by atoms with van der Waals surface area (Å²) in [7, 11) is 0. The Hall–Kier alpha value is -1.50. The Labute approximate surface area is 101 Å². The SMILES string of the molecule is CCC(NC(=O)c1ccc(Br)o1)/C(N)=N/O. The molecule has 0 aromatic carbocycles. The first kappa shape index (κ1) is 12.6. The van der Waals surface area contributed by atoms with Crippen molar-refractivity contribution < 1.29 is 14.4 Å². The molecule has 1 amide bonds. The highest BCUT2D eigenvalue weighted by Crippen LogP contribution is 2.14. The summed E-state index contributed by atoms with van der Waals surface area (Å²) in [5.41, 5.74) is 5.40. The van der Waals surface area contributed by atoms with Gasteiger partial charge in [-0.15, -0.1) is 0 Å². The van der Waals surface area contributed by atoms with Gasteiger partial charge < -0.3 is 20.7 Å². The van der Waals surface area contributed by atoms with Crippen LogP contribution in [0.4, 0.5) is 0 Å². The number of furan rings is 1. The minimum absolute atomic E-state index is 0.0403. The number of nitrogens with two attached hydrogens (primary N) is 1. The second-order valence-electron chi connectivity index (χ2n) is 3.06. The summed E-state index contributed by atoms with van der Waals surface area (Å²) in [4.78, 5) is 11.6. The Balaban J connectivity index is 2.70. The lowest BCUT2D eigenvalue weighted by Gasteiger charge is -2.13. The van der Waals surface area contributed by atoms with E-state index >= 15 is 0 Å². The lowest BCUT2D eigenvalue weighted by atomic mass is 10.2. The van der Waals surface area contributed by atoms with Gasteiger partial charge in [0.15, 0.2) is 16.3 Å². The van der Waals surface area contributed by atoms with Gasteiger partial charge in [0.05, 0.1) is 6.04 Å². The van der Waals surface area contributed by atoms with Gasteiger partial charge >= 0.3 is 0 Å². The molecule has 0 bridgehead atoms. The fourth-order valence-corrected chi connectivity index (χ4v) is 1.43. The maximum atomic E-state index is 11.6. The highest BCUT2D eigenvalue weighted by Gasteiger charge is 2.18. The highest BCUT2D eigenvalue weighted by atomic mass is 79.9. The molecule has 4 N–H and O–H groups in total. The zero-order valence-electron chi connectivity index (χ0n) is 8.61. The van der Waals surface area contributed by atoms with Crippen molar-refractivity contribution in [1.82, 2.24) is 5.32 Å². The van der Waals surface area contributed by atoms with Crippen LogP contribution >= 0.6 is 15.9 Å². The van der Waals surface area contributed by atoms with Gasteiger partial charge in [-0.1, -0.05) is 12.1 Å². The molecule has 1 aromatic rings. The fourth-order valence-electron chi connectivity index (χ4n) is 1.12. The summed E-state index contributed by atoms with van der Waals surface area (Å²) in [5, 5.41) is 13.9. The van der Waals surface area contributed by atoms with Crippen LogP contribution in [0.2, 0.25) is 0 Å². The number of carbonyl (C=O) groups excluding carboxylic acids is 1. The van der Waals surface area contributed by atoms with Gasteiger partial charge in [0.25, 0.3) is 5.91 Å². The quantitative estimate of drug-likeness (QED) is 0.336. The number of hydrogen-bond acceptors (Lipinski definition) is 4. The van der Waals surface area contributed by atoms with Crippen LogP contribution in [0.15, 0.2) is 26.4 Å². The number of amides is 1. The van der Waals surface area contributed by atoms with E-state index in [0.717, 1.165) is 0 Å². The summed E-state index contributed by atoms with van der Waals surface area (Å²) in [5.74, 6) is -0.290. The van der Waals surface area contributed by atoms with Crippen LogP contribution in [0.25, 0.3) is 0 Å². The fraction of sp³-hybridized carbons (Fsp3) is 0.333. The molecule has 0 radical (unpaired) electrons. The lowest BCUT2D eigenvalue weighted by molar-refractivity contribution is 0.0916. The molecule has 1 unspecified atom stereocenters. The van der Waals surface area contributed by atoms with Gasteiger partial charge in [0.2, 0.25) is 0 Å². The van der Waals surface area contributed by atoms with E-state index in [9.17, 15) is 4.79 Å². The molecular formula is C9H12BrN3O3. The first-order valence-electron chi connectivity index (χ1n) is 4.62. The molecule has 88 valence electrons. The summed E-state index contributed by atoms with van der Waals surface area (Å²) in [6.45, 7) is 1.81. The number of nitrogens with zero attached hydrogens (tertiary/aromatic N) is 1. The van der Waals surface area contributed by atoms with E-state index in [-0.39, 0.29) is 11.6 Å².